The number of aromatic nitrogens is 1. The van der Waals surface area contributed by atoms with Crippen molar-refractivity contribution >= 4 is 23.3 Å². The highest BCUT2D eigenvalue weighted by Crippen LogP contribution is 2.36. The normalized spacial score (nSPS) is 25.9. The number of hydrogen-bond acceptors (Lipinski definition) is 4. The smallest absolute Gasteiger partial charge is 0.341 e. The largest absolute Gasteiger partial charge is 0.458 e. The molecular formula is C16H23ClN2O2. The number of ether oxygens (including phenoxy) is 1. The number of pyridine rings is 1. The van der Waals surface area contributed by atoms with E-state index >= 15 is 0 Å². The molecule has 0 saturated heterocycles. The second-order valence-electron chi connectivity index (χ2n) is 6.38. The van der Waals surface area contributed by atoms with Gasteiger partial charge in [-0.3, -0.25) is 0 Å². The van der Waals surface area contributed by atoms with Crippen LogP contribution in [0.3, 0.4) is 0 Å². The Balaban J connectivity index is 2.14. The summed E-state index contributed by atoms with van der Waals surface area (Å²) < 4.78 is 5.74. The first kappa shape index (κ1) is 16.1. The van der Waals surface area contributed by atoms with E-state index in [4.69, 9.17) is 22.1 Å². The molecule has 4 nitrogen and oxygen atoms in total. The number of carbonyl (C=O) groups is 1. The van der Waals surface area contributed by atoms with Crippen LogP contribution in [0.25, 0.3) is 0 Å². The van der Waals surface area contributed by atoms with Gasteiger partial charge >= 0.3 is 5.97 Å². The molecule has 5 heteroatoms. The summed E-state index contributed by atoms with van der Waals surface area (Å²) in [6.45, 7) is 6.56. The van der Waals surface area contributed by atoms with Gasteiger partial charge in [0.1, 0.15) is 11.3 Å². The van der Waals surface area contributed by atoms with Crippen molar-refractivity contribution in [3.8, 4) is 0 Å². The van der Waals surface area contributed by atoms with Gasteiger partial charge in [0.15, 0.2) is 0 Å². The van der Waals surface area contributed by atoms with Gasteiger partial charge < -0.3 is 10.5 Å². The molecule has 0 radical (unpaired) electrons. The summed E-state index contributed by atoms with van der Waals surface area (Å²) in [5, 5.41) is 0.138. The average Bonchev–Trinajstić information content (AvgIpc) is 2.41. The zero-order valence-electron chi connectivity index (χ0n) is 12.8. The molecule has 116 valence electrons. The highest BCUT2D eigenvalue weighted by Gasteiger charge is 2.34. The molecule has 21 heavy (non-hydrogen) atoms. The maximum Gasteiger partial charge on any atom is 0.341 e. The Morgan fingerprint density at radius 3 is 2.86 bits per heavy atom. The molecule has 1 aromatic rings. The molecule has 1 aromatic heterocycles. The molecule has 0 bridgehead atoms. The van der Waals surface area contributed by atoms with Crippen molar-refractivity contribution in [2.24, 2.45) is 17.8 Å². The number of esters is 1. The zero-order valence-corrected chi connectivity index (χ0v) is 13.6. The standard InChI is InChI=1S/C16H23ClN2O2/c1-9(2)12-5-4-10(3)6-14(12)21-16(20)13-7-11(18)8-19-15(13)17/h7-10,12,14H,4-6,18H2,1-3H3. The molecule has 1 heterocycles. The van der Waals surface area contributed by atoms with Crippen LogP contribution in [0.15, 0.2) is 12.3 Å². The van der Waals surface area contributed by atoms with Crippen molar-refractivity contribution in [2.45, 2.75) is 46.1 Å². The van der Waals surface area contributed by atoms with E-state index in [0.29, 0.717) is 23.4 Å². The Kier molecular flexibility index (Phi) is 5.09. The lowest BCUT2D eigenvalue weighted by molar-refractivity contribution is -0.0174. The number of carbonyl (C=O) groups excluding carboxylic acids is 1. The first-order valence-electron chi connectivity index (χ1n) is 7.50. The van der Waals surface area contributed by atoms with E-state index in [2.05, 4.69) is 25.8 Å². The van der Waals surface area contributed by atoms with E-state index in [1.807, 2.05) is 0 Å². The van der Waals surface area contributed by atoms with E-state index in [0.717, 1.165) is 12.8 Å². The van der Waals surface area contributed by atoms with Gasteiger partial charge in [0, 0.05) is 0 Å². The first-order valence-corrected chi connectivity index (χ1v) is 7.88. The Morgan fingerprint density at radius 2 is 2.19 bits per heavy atom. The molecule has 2 rings (SSSR count). The van der Waals surface area contributed by atoms with E-state index in [1.165, 1.54) is 18.7 Å². The lowest BCUT2D eigenvalue weighted by atomic mass is 9.75. The minimum atomic E-state index is -0.426. The molecule has 3 unspecified atom stereocenters. The van der Waals surface area contributed by atoms with E-state index in [-0.39, 0.29) is 16.8 Å². The maximum atomic E-state index is 12.4. The minimum Gasteiger partial charge on any atom is -0.458 e. The summed E-state index contributed by atoms with van der Waals surface area (Å²) in [7, 11) is 0. The lowest BCUT2D eigenvalue weighted by Crippen LogP contribution is -2.36. The maximum absolute atomic E-state index is 12.4. The summed E-state index contributed by atoms with van der Waals surface area (Å²) in [6.07, 6.45) is 4.57. The van der Waals surface area contributed by atoms with Crippen LogP contribution < -0.4 is 5.73 Å². The summed E-state index contributed by atoms with van der Waals surface area (Å²) in [5.74, 6) is 1.04. The van der Waals surface area contributed by atoms with Gasteiger partial charge in [-0.1, -0.05) is 38.8 Å². The van der Waals surface area contributed by atoms with Gasteiger partial charge in [-0.2, -0.15) is 0 Å². The quantitative estimate of drug-likeness (QED) is 0.678. The number of nitrogen functional groups attached to an aromatic ring is 1. The lowest BCUT2D eigenvalue weighted by Gasteiger charge is -2.36. The van der Waals surface area contributed by atoms with E-state index < -0.39 is 5.97 Å². The molecule has 1 aliphatic rings. The SMILES string of the molecule is CC1CCC(C(C)C)C(OC(=O)c2cc(N)cnc2Cl)C1. The molecule has 0 amide bonds. The van der Waals surface area contributed by atoms with Crippen molar-refractivity contribution in [3.63, 3.8) is 0 Å². The molecule has 1 aliphatic carbocycles. The minimum absolute atomic E-state index is 0.0567. The fourth-order valence-electron chi connectivity index (χ4n) is 3.06. The number of anilines is 1. The van der Waals surface area contributed by atoms with Crippen molar-refractivity contribution in [2.75, 3.05) is 5.73 Å². The Hall–Kier alpha value is -1.29. The molecule has 1 fully saturated rings. The Bertz CT molecular complexity index is 519. The van der Waals surface area contributed by atoms with E-state index in [9.17, 15) is 4.79 Å². The van der Waals surface area contributed by atoms with E-state index in [1.54, 1.807) is 0 Å². The highest BCUT2D eigenvalue weighted by molar-refractivity contribution is 6.32. The molecule has 2 N–H and O–H groups in total. The van der Waals surface area contributed by atoms with Crippen LogP contribution in [0.1, 0.15) is 50.4 Å². The third-order valence-electron chi connectivity index (χ3n) is 4.30. The number of hydrogen-bond donors (Lipinski definition) is 1. The van der Waals surface area contributed by atoms with Crippen LogP contribution in [0.2, 0.25) is 5.15 Å². The first-order chi connectivity index (χ1) is 9.88. The number of nitrogens with two attached hydrogens (primary N) is 1. The predicted molar refractivity (Wildman–Crippen MR) is 84.2 cm³/mol. The van der Waals surface area contributed by atoms with Crippen LogP contribution in [0.5, 0.6) is 0 Å². The van der Waals surface area contributed by atoms with Crippen LogP contribution in [0.4, 0.5) is 5.69 Å². The average molecular weight is 311 g/mol. The fourth-order valence-corrected chi connectivity index (χ4v) is 3.24. The third-order valence-corrected chi connectivity index (χ3v) is 4.60. The van der Waals surface area contributed by atoms with Gasteiger partial charge in [-0.15, -0.1) is 0 Å². The van der Waals surface area contributed by atoms with Gasteiger partial charge in [0.25, 0.3) is 0 Å². The Morgan fingerprint density at radius 1 is 1.48 bits per heavy atom. The van der Waals surface area contributed by atoms with Crippen LogP contribution in [0, 0.1) is 17.8 Å². The second-order valence-corrected chi connectivity index (χ2v) is 6.73. The van der Waals surface area contributed by atoms with Gasteiger partial charge in [-0.25, -0.2) is 9.78 Å². The van der Waals surface area contributed by atoms with Gasteiger partial charge in [0.2, 0.25) is 0 Å². The van der Waals surface area contributed by atoms with Crippen molar-refractivity contribution < 1.29 is 9.53 Å². The Labute approximate surface area is 131 Å². The third kappa shape index (κ3) is 3.88. The molecular weight excluding hydrogens is 288 g/mol. The fraction of sp³-hybridized carbons (Fsp3) is 0.625. The van der Waals surface area contributed by atoms with Crippen molar-refractivity contribution in [1.29, 1.82) is 0 Å². The molecule has 0 aliphatic heterocycles. The van der Waals surface area contributed by atoms with Crippen molar-refractivity contribution in [3.05, 3.63) is 23.0 Å². The molecule has 3 atom stereocenters. The number of halogens is 1. The second kappa shape index (κ2) is 6.65. The molecule has 1 saturated carbocycles. The molecule has 0 aromatic carbocycles. The van der Waals surface area contributed by atoms with Crippen LogP contribution >= 0.6 is 11.6 Å². The monoisotopic (exact) mass is 310 g/mol. The zero-order chi connectivity index (χ0) is 15.6. The van der Waals surface area contributed by atoms with Crippen LogP contribution in [-0.2, 0) is 4.74 Å². The summed E-state index contributed by atoms with van der Waals surface area (Å²) in [4.78, 5) is 16.3. The number of nitrogens with zero attached hydrogens (tertiary/aromatic N) is 1. The van der Waals surface area contributed by atoms with Crippen molar-refractivity contribution in [1.82, 2.24) is 4.98 Å². The molecule has 0 spiro atoms. The predicted octanol–water partition coefficient (Wildman–Crippen LogP) is 3.93. The highest BCUT2D eigenvalue weighted by atomic mass is 35.5. The van der Waals surface area contributed by atoms with Gasteiger partial charge in [0.05, 0.1) is 17.4 Å². The van der Waals surface area contributed by atoms with Gasteiger partial charge in [-0.05, 0) is 36.7 Å². The topological polar surface area (TPSA) is 65.2 Å². The number of rotatable bonds is 3. The van der Waals surface area contributed by atoms with Crippen LogP contribution in [-0.4, -0.2) is 17.1 Å². The summed E-state index contributed by atoms with van der Waals surface area (Å²) in [5.41, 5.74) is 6.32. The summed E-state index contributed by atoms with van der Waals surface area (Å²) in [6, 6.07) is 1.52. The summed E-state index contributed by atoms with van der Waals surface area (Å²) >= 11 is 5.97.